The maximum Gasteiger partial charge on any atom is 0.337 e. The van der Waals surface area contributed by atoms with Crippen molar-refractivity contribution in [3.63, 3.8) is 0 Å². The Hall–Kier alpha value is -4.42. The zero-order valence-corrected chi connectivity index (χ0v) is 23.5. The van der Waals surface area contributed by atoms with Crippen LogP contribution in [0.5, 0.6) is 5.75 Å². The highest BCUT2D eigenvalue weighted by atomic mass is 32.2. The van der Waals surface area contributed by atoms with Crippen molar-refractivity contribution in [1.29, 1.82) is 0 Å². The molecule has 5 rings (SSSR count). The molecule has 206 valence electrons. The van der Waals surface area contributed by atoms with E-state index < -0.39 is 22.0 Å². The second-order valence-corrected chi connectivity index (χ2v) is 11.2. The molecule has 1 fully saturated rings. The van der Waals surface area contributed by atoms with E-state index in [1.165, 1.54) is 14.2 Å². The van der Waals surface area contributed by atoms with E-state index in [1.54, 1.807) is 48.7 Å². The summed E-state index contributed by atoms with van der Waals surface area (Å²) in [5.41, 5.74) is 2.95. The fourth-order valence-corrected chi connectivity index (χ4v) is 5.51. The summed E-state index contributed by atoms with van der Waals surface area (Å²) in [6, 6.07) is 20.6. The van der Waals surface area contributed by atoms with E-state index in [9.17, 15) is 13.2 Å². The van der Waals surface area contributed by atoms with Crippen molar-refractivity contribution in [1.82, 2.24) is 10.3 Å². The molecule has 4 aromatic rings. The molecule has 0 amide bonds. The smallest absolute Gasteiger partial charge is 0.337 e. The third kappa shape index (κ3) is 5.49. The van der Waals surface area contributed by atoms with Gasteiger partial charge in [0, 0.05) is 23.5 Å². The lowest BCUT2D eigenvalue weighted by molar-refractivity contribution is 0.0600. The Bertz CT molecular complexity index is 1660. The van der Waals surface area contributed by atoms with Crippen LogP contribution in [0, 0.1) is 0 Å². The first-order chi connectivity index (χ1) is 19.2. The van der Waals surface area contributed by atoms with Crippen LogP contribution >= 0.6 is 12.2 Å². The molecular weight excluding hydrogens is 552 g/mol. The molecule has 3 heterocycles. The molecule has 0 aliphatic carbocycles. The number of hydrogen-bond donors (Lipinski definition) is 2. The second kappa shape index (κ2) is 11.0. The van der Waals surface area contributed by atoms with Crippen molar-refractivity contribution < 1.29 is 27.1 Å². The Morgan fingerprint density at radius 1 is 1.07 bits per heavy atom. The largest absolute Gasteiger partial charge is 0.494 e. The number of sulfonamides is 1. The molecule has 10 nitrogen and oxygen atoms in total. The van der Waals surface area contributed by atoms with Crippen LogP contribution in [0.1, 0.15) is 33.9 Å². The summed E-state index contributed by atoms with van der Waals surface area (Å²) in [5.74, 6) is 1.14. The maximum absolute atomic E-state index is 11.8. The number of thiocarbonyl (C=S) groups is 1. The monoisotopic (exact) mass is 578 g/mol. The predicted molar refractivity (Wildman–Crippen MR) is 155 cm³/mol. The number of hydrogen-bond acceptors (Lipinski definition) is 8. The third-order valence-electron chi connectivity index (χ3n) is 6.37. The fourth-order valence-electron chi connectivity index (χ4n) is 4.59. The van der Waals surface area contributed by atoms with E-state index in [0.29, 0.717) is 39.3 Å². The molecule has 2 aromatic heterocycles. The number of pyridine rings is 1. The van der Waals surface area contributed by atoms with E-state index in [0.717, 1.165) is 17.5 Å². The van der Waals surface area contributed by atoms with Gasteiger partial charge in [0.2, 0.25) is 10.0 Å². The molecule has 2 aromatic carbocycles. The van der Waals surface area contributed by atoms with Gasteiger partial charge < -0.3 is 24.1 Å². The number of carbonyl (C=O) groups is 1. The zero-order valence-electron chi connectivity index (χ0n) is 21.8. The molecule has 1 saturated heterocycles. The molecular formula is C28H26N4O6S2. The number of esters is 1. The van der Waals surface area contributed by atoms with Crippen LogP contribution in [0.4, 0.5) is 11.4 Å². The topological polar surface area (TPSA) is 123 Å². The van der Waals surface area contributed by atoms with E-state index in [2.05, 4.69) is 15.0 Å². The van der Waals surface area contributed by atoms with Crippen LogP contribution in [-0.4, -0.2) is 45.0 Å². The number of rotatable bonds is 8. The summed E-state index contributed by atoms with van der Waals surface area (Å²) >= 11 is 5.78. The molecule has 0 saturated carbocycles. The lowest BCUT2D eigenvalue weighted by Gasteiger charge is -2.27. The van der Waals surface area contributed by atoms with Gasteiger partial charge in [-0.1, -0.05) is 18.2 Å². The predicted octanol–water partition coefficient (Wildman–Crippen LogP) is 4.69. The zero-order chi connectivity index (χ0) is 28.4. The van der Waals surface area contributed by atoms with E-state index in [1.807, 2.05) is 35.2 Å². The molecule has 12 heteroatoms. The van der Waals surface area contributed by atoms with Gasteiger partial charge in [0.15, 0.2) is 5.11 Å². The molecule has 2 N–H and O–H groups in total. The molecule has 1 aliphatic heterocycles. The van der Waals surface area contributed by atoms with Crippen molar-refractivity contribution in [2.75, 3.05) is 30.1 Å². The number of methoxy groups -OCH3 is 2. The molecule has 0 spiro atoms. The van der Waals surface area contributed by atoms with Gasteiger partial charge in [-0.2, -0.15) is 0 Å². The summed E-state index contributed by atoms with van der Waals surface area (Å²) in [6.07, 6.45) is 2.79. The van der Waals surface area contributed by atoms with Crippen LogP contribution < -0.4 is 19.7 Å². The minimum absolute atomic E-state index is 0.306. The first-order valence-electron chi connectivity index (χ1n) is 12.1. The first kappa shape index (κ1) is 27.2. The van der Waals surface area contributed by atoms with Gasteiger partial charge in [0.25, 0.3) is 0 Å². The number of ether oxygens (including phenoxy) is 2. The van der Waals surface area contributed by atoms with Gasteiger partial charge in [-0.15, -0.1) is 0 Å². The molecule has 0 bridgehead atoms. The van der Waals surface area contributed by atoms with Crippen molar-refractivity contribution >= 4 is 44.7 Å². The van der Waals surface area contributed by atoms with Gasteiger partial charge in [-0.05, 0) is 60.7 Å². The number of carbonyl (C=O) groups excluding carboxylic acids is 1. The number of anilines is 2. The Balaban J connectivity index is 1.56. The maximum atomic E-state index is 11.8. The first-order valence-corrected chi connectivity index (χ1v) is 14.4. The highest BCUT2D eigenvalue weighted by Gasteiger charge is 2.43. The molecule has 1 aliphatic rings. The fraction of sp³-hybridized carbons (Fsp3) is 0.179. The Morgan fingerprint density at radius 2 is 1.85 bits per heavy atom. The SMILES string of the molecule is COC(=O)c1ccc(-c2ccc([C@@H]3[C@H](c4ccccn4)NC(=S)N3c3ccc(NS(C)(=O)=O)c(OC)c3)o2)cc1. The number of benzene rings is 2. The molecule has 0 radical (unpaired) electrons. The number of furan rings is 1. The Kier molecular flexibility index (Phi) is 7.46. The molecule has 2 atom stereocenters. The minimum Gasteiger partial charge on any atom is -0.494 e. The number of aromatic nitrogens is 1. The van der Waals surface area contributed by atoms with Crippen molar-refractivity contribution in [3.8, 4) is 17.1 Å². The Labute approximate surface area is 237 Å². The van der Waals surface area contributed by atoms with Crippen molar-refractivity contribution in [2.45, 2.75) is 12.1 Å². The van der Waals surface area contributed by atoms with Gasteiger partial charge in [-0.25, -0.2) is 13.2 Å². The number of nitrogens with zero attached hydrogens (tertiary/aromatic N) is 2. The summed E-state index contributed by atoms with van der Waals surface area (Å²) in [6.45, 7) is 0. The van der Waals surface area contributed by atoms with Crippen LogP contribution in [0.15, 0.2) is 83.4 Å². The van der Waals surface area contributed by atoms with E-state index in [4.69, 9.17) is 26.1 Å². The van der Waals surface area contributed by atoms with Crippen molar-refractivity contribution in [2.24, 2.45) is 0 Å². The average molecular weight is 579 g/mol. The highest BCUT2D eigenvalue weighted by molar-refractivity contribution is 7.92. The Morgan fingerprint density at radius 3 is 2.50 bits per heavy atom. The third-order valence-corrected chi connectivity index (χ3v) is 7.27. The molecule has 0 unspecified atom stereocenters. The van der Waals surface area contributed by atoms with Gasteiger partial charge in [0.1, 0.15) is 23.3 Å². The molecule has 40 heavy (non-hydrogen) atoms. The van der Waals surface area contributed by atoms with Gasteiger partial charge in [0.05, 0.1) is 43.5 Å². The highest BCUT2D eigenvalue weighted by Crippen LogP contribution is 2.44. The lowest BCUT2D eigenvalue weighted by atomic mass is 10.0. The quantitative estimate of drug-likeness (QED) is 0.225. The summed E-state index contributed by atoms with van der Waals surface area (Å²) in [4.78, 5) is 18.3. The van der Waals surface area contributed by atoms with Crippen LogP contribution in [0.2, 0.25) is 0 Å². The lowest BCUT2D eigenvalue weighted by Crippen LogP contribution is -2.29. The standard InChI is InChI=1S/C28H26N4O6S2/c1-36-24-16-19(11-12-20(24)31-40(3,34)35)32-26(25(30-28(32)39)21-6-4-5-15-29-21)23-14-13-22(38-23)17-7-9-18(10-8-17)27(33)37-2/h4-16,25-26,31H,1-3H3,(H,30,39)/t25-,26+/m0/s1. The normalized spacial score (nSPS) is 16.9. The van der Waals surface area contributed by atoms with Crippen LogP contribution in [0.3, 0.4) is 0 Å². The summed E-state index contributed by atoms with van der Waals surface area (Å²) < 4.78 is 42.8. The van der Waals surface area contributed by atoms with Crippen molar-refractivity contribution in [3.05, 3.63) is 96.0 Å². The van der Waals surface area contributed by atoms with Crippen LogP contribution in [-0.2, 0) is 14.8 Å². The van der Waals surface area contributed by atoms with Gasteiger partial charge >= 0.3 is 5.97 Å². The van der Waals surface area contributed by atoms with E-state index in [-0.39, 0.29) is 6.04 Å². The van der Waals surface area contributed by atoms with E-state index >= 15 is 0 Å². The average Bonchev–Trinajstić information content (AvgIpc) is 3.57. The second-order valence-electron chi connectivity index (χ2n) is 9.03. The number of nitrogens with one attached hydrogen (secondary N) is 2. The summed E-state index contributed by atoms with van der Waals surface area (Å²) in [5, 5.41) is 3.80. The minimum atomic E-state index is -3.51. The van der Waals surface area contributed by atoms with Gasteiger partial charge in [-0.3, -0.25) is 9.71 Å². The summed E-state index contributed by atoms with van der Waals surface area (Å²) in [7, 11) is -0.713. The van der Waals surface area contributed by atoms with Crippen LogP contribution in [0.25, 0.3) is 11.3 Å².